The molecule has 0 unspecified atom stereocenters. The van der Waals surface area contributed by atoms with Crippen LogP contribution in [0.25, 0.3) is 0 Å². The smallest absolute Gasteiger partial charge is 0.416 e. The molecule has 2 aliphatic heterocycles. The van der Waals surface area contributed by atoms with Crippen molar-refractivity contribution in [1.82, 2.24) is 4.90 Å². The first-order valence-corrected chi connectivity index (χ1v) is 13.1. The normalized spacial score (nSPS) is 22.4. The van der Waals surface area contributed by atoms with Crippen LogP contribution in [0.5, 0.6) is 11.5 Å². The fourth-order valence-electron chi connectivity index (χ4n) is 5.88. The Balaban J connectivity index is 1.49. The van der Waals surface area contributed by atoms with E-state index in [1.54, 1.807) is 14.2 Å². The number of ether oxygens (including phenoxy) is 3. The molecule has 9 heteroatoms. The minimum absolute atomic E-state index is 0.126. The topological polar surface area (TPSA) is 74.0 Å². The maximum absolute atomic E-state index is 12.9. The van der Waals surface area contributed by atoms with Gasteiger partial charge in [-0.15, -0.1) is 0 Å². The molecule has 0 bridgehead atoms. The van der Waals surface area contributed by atoms with Crippen molar-refractivity contribution in [3.8, 4) is 11.5 Å². The Labute approximate surface area is 222 Å². The van der Waals surface area contributed by atoms with Gasteiger partial charge in [-0.2, -0.15) is 13.2 Å². The van der Waals surface area contributed by atoms with E-state index in [0.717, 1.165) is 50.2 Å². The van der Waals surface area contributed by atoms with E-state index in [-0.39, 0.29) is 18.6 Å². The second kappa shape index (κ2) is 11.5. The van der Waals surface area contributed by atoms with E-state index in [1.807, 2.05) is 0 Å². The number of benzene rings is 2. The SMILES string of the molecule is COc1cc2c(cc1OC)[C@H]1C[C@@H](COC(=O)[C@H](N)c3ccc(C(F)(F)F)cc3)[C@H](CC(C)C)CN1CC2. The first-order chi connectivity index (χ1) is 18.0. The Bertz CT molecular complexity index is 1120. The van der Waals surface area contributed by atoms with Crippen molar-refractivity contribution < 1.29 is 32.2 Å². The van der Waals surface area contributed by atoms with E-state index in [0.29, 0.717) is 23.1 Å². The van der Waals surface area contributed by atoms with Crippen LogP contribution in [0.15, 0.2) is 36.4 Å². The van der Waals surface area contributed by atoms with Gasteiger partial charge in [0.2, 0.25) is 0 Å². The Kier molecular flexibility index (Phi) is 8.57. The molecule has 2 aliphatic rings. The molecule has 2 heterocycles. The fraction of sp³-hybridized carbons (Fsp3) is 0.552. The van der Waals surface area contributed by atoms with Gasteiger partial charge in [0.25, 0.3) is 0 Å². The van der Waals surface area contributed by atoms with Crippen LogP contribution in [-0.2, 0) is 22.1 Å². The first kappa shape index (κ1) is 28.2. The van der Waals surface area contributed by atoms with Crippen molar-refractivity contribution in [2.45, 2.75) is 51.4 Å². The summed E-state index contributed by atoms with van der Waals surface area (Å²) in [6.07, 6.45) is -1.68. The Morgan fingerprint density at radius 2 is 1.74 bits per heavy atom. The Morgan fingerprint density at radius 1 is 1.08 bits per heavy atom. The number of methoxy groups -OCH3 is 2. The van der Waals surface area contributed by atoms with E-state index < -0.39 is 23.8 Å². The lowest BCUT2D eigenvalue weighted by atomic mass is 9.74. The van der Waals surface area contributed by atoms with Crippen LogP contribution in [-0.4, -0.2) is 44.8 Å². The molecular weight excluding hydrogens is 497 g/mol. The average Bonchev–Trinajstić information content (AvgIpc) is 2.89. The van der Waals surface area contributed by atoms with Crippen LogP contribution in [0.1, 0.15) is 61.0 Å². The van der Waals surface area contributed by atoms with Gasteiger partial charge in [0.05, 0.1) is 26.4 Å². The lowest BCUT2D eigenvalue weighted by Gasteiger charge is -2.47. The highest BCUT2D eigenvalue weighted by Gasteiger charge is 2.40. The summed E-state index contributed by atoms with van der Waals surface area (Å²) in [5, 5.41) is 0. The number of fused-ring (bicyclic) bond motifs is 3. The van der Waals surface area contributed by atoms with Gasteiger partial charge in [-0.25, -0.2) is 4.79 Å². The summed E-state index contributed by atoms with van der Waals surface area (Å²) >= 11 is 0. The zero-order valence-electron chi connectivity index (χ0n) is 22.4. The Hall–Kier alpha value is -2.78. The molecule has 6 nitrogen and oxygen atoms in total. The molecule has 4 atom stereocenters. The number of rotatable bonds is 8. The minimum atomic E-state index is -4.45. The van der Waals surface area contributed by atoms with Crippen LogP contribution in [0.2, 0.25) is 0 Å². The van der Waals surface area contributed by atoms with E-state index in [1.165, 1.54) is 23.3 Å². The second-order valence-electron chi connectivity index (χ2n) is 10.8. The highest BCUT2D eigenvalue weighted by Crippen LogP contribution is 2.45. The monoisotopic (exact) mass is 534 g/mol. The molecule has 0 aromatic heterocycles. The van der Waals surface area contributed by atoms with Gasteiger partial charge < -0.3 is 19.9 Å². The van der Waals surface area contributed by atoms with E-state index in [9.17, 15) is 18.0 Å². The molecule has 1 saturated heterocycles. The predicted octanol–water partition coefficient (Wildman–Crippen LogP) is 5.55. The summed E-state index contributed by atoms with van der Waals surface area (Å²) in [5.74, 6) is 1.75. The van der Waals surface area contributed by atoms with Gasteiger partial charge in [-0.3, -0.25) is 4.90 Å². The fourth-order valence-corrected chi connectivity index (χ4v) is 5.88. The summed E-state index contributed by atoms with van der Waals surface area (Å²) in [7, 11) is 3.27. The quantitative estimate of drug-likeness (QED) is 0.448. The number of hydrogen-bond acceptors (Lipinski definition) is 6. The molecule has 2 aromatic rings. The van der Waals surface area contributed by atoms with E-state index in [4.69, 9.17) is 19.9 Å². The number of halogens is 3. The third-order valence-electron chi connectivity index (χ3n) is 7.84. The van der Waals surface area contributed by atoms with Crippen molar-refractivity contribution in [1.29, 1.82) is 0 Å². The number of carbonyl (C=O) groups is 1. The second-order valence-corrected chi connectivity index (χ2v) is 10.8. The molecule has 4 rings (SSSR count). The van der Waals surface area contributed by atoms with Crippen LogP contribution < -0.4 is 15.2 Å². The van der Waals surface area contributed by atoms with Gasteiger partial charge in [-0.1, -0.05) is 26.0 Å². The number of nitrogens with two attached hydrogens (primary N) is 1. The van der Waals surface area contributed by atoms with Crippen LogP contribution in [0, 0.1) is 17.8 Å². The number of esters is 1. The summed E-state index contributed by atoms with van der Waals surface area (Å²) in [6.45, 7) is 6.46. The minimum Gasteiger partial charge on any atom is -0.493 e. The third-order valence-corrected chi connectivity index (χ3v) is 7.84. The van der Waals surface area contributed by atoms with Crippen molar-refractivity contribution in [2.75, 3.05) is 33.9 Å². The van der Waals surface area contributed by atoms with Gasteiger partial charge in [0, 0.05) is 19.1 Å². The number of nitrogens with zero attached hydrogens (tertiary/aromatic N) is 1. The van der Waals surface area contributed by atoms with Gasteiger partial charge in [0.15, 0.2) is 11.5 Å². The Morgan fingerprint density at radius 3 is 2.34 bits per heavy atom. The van der Waals surface area contributed by atoms with Crippen LogP contribution >= 0.6 is 0 Å². The van der Waals surface area contributed by atoms with E-state index in [2.05, 4.69) is 30.9 Å². The first-order valence-electron chi connectivity index (χ1n) is 13.1. The van der Waals surface area contributed by atoms with Crippen LogP contribution in [0.4, 0.5) is 13.2 Å². The summed E-state index contributed by atoms with van der Waals surface area (Å²) in [6, 6.07) is 7.48. The molecule has 0 radical (unpaired) electrons. The maximum atomic E-state index is 12.9. The third kappa shape index (κ3) is 6.10. The zero-order valence-corrected chi connectivity index (χ0v) is 22.4. The average molecular weight is 535 g/mol. The molecule has 2 aromatic carbocycles. The summed E-state index contributed by atoms with van der Waals surface area (Å²) in [5.41, 5.74) is 8.03. The molecule has 0 amide bonds. The molecule has 0 aliphatic carbocycles. The molecule has 1 fully saturated rings. The molecule has 38 heavy (non-hydrogen) atoms. The standard InChI is InChI=1S/C29H37F3N2O4/c1-17(2)11-20-15-34-10-9-19-13-25(36-3)26(37-4)14-23(19)24(34)12-21(20)16-38-28(35)27(33)18-5-7-22(8-6-18)29(30,31)32/h5-8,13-14,17,20-21,24,27H,9-12,15-16,33H2,1-4H3/t20-,21+,24-,27-/m1/s1. The lowest BCUT2D eigenvalue weighted by molar-refractivity contribution is -0.148. The summed E-state index contributed by atoms with van der Waals surface area (Å²) in [4.78, 5) is 15.3. The van der Waals surface area contributed by atoms with Crippen LogP contribution in [0.3, 0.4) is 0 Å². The largest absolute Gasteiger partial charge is 0.493 e. The van der Waals surface area contributed by atoms with E-state index >= 15 is 0 Å². The highest BCUT2D eigenvalue weighted by atomic mass is 19.4. The molecule has 0 saturated carbocycles. The van der Waals surface area contributed by atoms with Crippen molar-refractivity contribution in [3.05, 3.63) is 58.7 Å². The van der Waals surface area contributed by atoms with Crippen molar-refractivity contribution in [2.24, 2.45) is 23.5 Å². The molecule has 208 valence electrons. The number of alkyl halides is 3. The highest BCUT2D eigenvalue weighted by molar-refractivity contribution is 5.77. The van der Waals surface area contributed by atoms with Gasteiger partial charge in [-0.05, 0) is 78.0 Å². The number of hydrogen-bond donors (Lipinski definition) is 1. The molecular formula is C29H37F3N2O4. The lowest BCUT2D eigenvalue weighted by Crippen LogP contribution is -2.47. The van der Waals surface area contributed by atoms with Gasteiger partial charge in [0.1, 0.15) is 6.04 Å². The zero-order chi connectivity index (χ0) is 27.6. The summed E-state index contributed by atoms with van der Waals surface area (Å²) < 4.78 is 55.4. The van der Waals surface area contributed by atoms with Gasteiger partial charge >= 0.3 is 12.1 Å². The van der Waals surface area contributed by atoms with Crippen molar-refractivity contribution in [3.63, 3.8) is 0 Å². The molecule has 2 N–H and O–H groups in total. The predicted molar refractivity (Wildman–Crippen MR) is 138 cm³/mol. The number of piperidine rings is 1. The number of carbonyl (C=O) groups excluding carboxylic acids is 1. The van der Waals surface area contributed by atoms with Crippen molar-refractivity contribution >= 4 is 5.97 Å². The molecule has 0 spiro atoms. The maximum Gasteiger partial charge on any atom is 0.416 e.